The number of hydrogen-bond donors (Lipinski definition) is 0. The van der Waals surface area contributed by atoms with Crippen LogP contribution in [0.2, 0.25) is 0 Å². The summed E-state index contributed by atoms with van der Waals surface area (Å²) >= 11 is -5.57. The number of benzene rings is 1. The molecule has 1 aliphatic rings. The van der Waals surface area contributed by atoms with Crippen LogP contribution < -0.4 is 12.6 Å². The summed E-state index contributed by atoms with van der Waals surface area (Å²) < 4.78 is 38.0. The molecule has 154 valence electrons. The van der Waals surface area contributed by atoms with Gasteiger partial charge in [-0.2, -0.15) is 0 Å². The molecule has 1 heterocycles. The second kappa shape index (κ2) is 9.52. The summed E-state index contributed by atoms with van der Waals surface area (Å²) in [5.74, 6) is -2.03. The minimum atomic E-state index is -5.57. The first-order valence-electron chi connectivity index (χ1n) is 8.30. The molecule has 0 radical (unpaired) electrons. The van der Waals surface area contributed by atoms with Crippen LogP contribution in [0, 0.1) is 0 Å². The summed E-state index contributed by atoms with van der Waals surface area (Å²) in [5, 5.41) is 0. The van der Waals surface area contributed by atoms with Crippen LogP contribution in [0.3, 0.4) is 0 Å². The number of carbonyl (C=O) groups is 3. The maximum atomic E-state index is 11.8. The maximum absolute atomic E-state index is 11.8. The van der Waals surface area contributed by atoms with Gasteiger partial charge < -0.3 is 0 Å². The van der Waals surface area contributed by atoms with Crippen molar-refractivity contribution in [3.05, 3.63) is 17.7 Å². The van der Waals surface area contributed by atoms with Crippen LogP contribution in [0.25, 0.3) is 0 Å². The van der Waals surface area contributed by atoms with Gasteiger partial charge in [0.1, 0.15) is 0 Å². The van der Waals surface area contributed by atoms with Crippen molar-refractivity contribution in [1.82, 2.24) is 0 Å². The first-order chi connectivity index (χ1) is 13.2. The number of carbonyl (C=O) groups excluding carboxylic acids is 3. The Labute approximate surface area is 168 Å². The van der Waals surface area contributed by atoms with Crippen molar-refractivity contribution in [3.63, 3.8) is 0 Å². The van der Waals surface area contributed by atoms with Gasteiger partial charge in [0.2, 0.25) is 0 Å². The average Bonchev–Trinajstić information content (AvgIpc) is 3.13. The predicted molar refractivity (Wildman–Crippen MR) is 94.9 cm³/mol. The van der Waals surface area contributed by atoms with Gasteiger partial charge in [-0.15, -0.1) is 0 Å². The fraction of sp³-hybridized carbons (Fsp3) is 0.471. The van der Waals surface area contributed by atoms with Crippen LogP contribution in [0.4, 0.5) is 0 Å². The zero-order chi connectivity index (χ0) is 20.9. The van der Waals surface area contributed by atoms with Gasteiger partial charge >= 0.3 is 169 Å². The third kappa shape index (κ3) is 5.11. The molecule has 11 heteroatoms. The molecule has 1 fully saturated rings. The van der Waals surface area contributed by atoms with Crippen LogP contribution in [-0.4, -0.2) is 67.9 Å². The van der Waals surface area contributed by atoms with E-state index in [1.807, 2.05) is 0 Å². The molecule has 0 N–H and O–H groups in total. The van der Waals surface area contributed by atoms with Crippen LogP contribution in [0.15, 0.2) is 12.1 Å². The Morgan fingerprint density at radius 2 is 1.25 bits per heavy atom. The summed E-state index contributed by atoms with van der Waals surface area (Å²) in [6.45, 7) is 4.21. The average molecular weight is 594 g/mol. The topological polar surface area (TPSA) is 116 Å². The minimum absolute atomic E-state index is 0.0971. The van der Waals surface area contributed by atoms with E-state index in [2.05, 4.69) is 0 Å². The molecule has 0 spiro atoms. The van der Waals surface area contributed by atoms with E-state index < -0.39 is 46.7 Å². The zero-order valence-electron chi connectivity index (χ0n) is 16.2. The van der Waals surface area contributed by atoms with Gasteiger partial charge in [0, 0.05) is 0 Å². The number of rotatable bonds is 7. The van der Waals surface area contributed by atoms with Gasteiger partial charge in [-0.25, -0.2) is 0 Å². The van der Waals surface area contributed by atoms with E-state index in [1.54, 1.807) is 12.1 Å². The van der Waals surface area contributed by atoms with Crippen molar-refractivity contribution >= 4 is 43.6 Å². The molecule has 0 unspecified atom stereocenters. The van der Waals surface area contributed by atoms with Crippen molar-refractivity contribution in [2.24, 2.45) is 0 Å². The molecule has 0 bridgehead atoms. The molecule has 1 aromatic carbocycles. The quantitative estimate of drug-likeness (QED) is 0.416. The fourth-order valence-electron chi connectivity index (χ4n) is 2.70. The molecule has 1 saturated heterocycles. The standard InChI is InChI=1S/C11H13O4.3C2H4O2.Pb/c1-12-9-5-8(6-10(7-9)13-2)11-14-3-4-15-11;3*1-2(3)4;/h5-6,11H,3-4H2,1-2H3;3*1H3,(H,3,4);/q;;;;+3/p-3. The van der Waals surface area contributed by atoms with Crippen molar-refractivity contribution < 1.29 is 41.4 Å². The molecule has 0 amide bonds. The van der Waals surface area contributed by atoms with E-state index in [4.69, 9.17) is 27.0 Å². The molecular formula is C17H22O10Pb. The predicted octanol–water partition coefficient (Wildman–Crippen LogP) is 0.584. The Hall–Kier alpha value is -1.93. The number of ether oxygens (including phenoxy) is 4. The molecule has 1 aliphatic heterocycles. The first-order valence-corrected chi connectivity index (χ1v) is 15.0. The summed E-state index contributed by atoms with van der Waals surface area (Å²) in [6.07, 6.45) is -0.640. The third-order valence-electron chi connectivity index (χ3n) is 3.56. The summed E-state index contributed by atoms with van der Waals surface area (Å²) in [6, 6.07) is 3.14. The number of hydrogen-bond acceptors (Lipinski definition) is 10. The summed E-state index contributed by atoms with van der Waals surface area (Å²) in [4.78, 5) is 35.4. The van der Waals surface area contributed by atoms with E-state index in [-0.39, 0.29) is 14.6 Å². The van der Waals surface area contributed by atoms with Gasteiger partial charge in [0.15, 0.2) is 0 Å². The molecule has 1 aromatic rings. The molecule has 2 rings (SSSR count). The Morgan fingerprint density at radius 1 is 0.857 bits per heavy atom. The molecule has 0 saturated carbocycles. The van der Waals surface area contributed by atoms with Gasteiger partial charge in [-0.1, -0.05) is 0 Å². The number of methoxy groups -OCH3 is 2. The zero-order valence-corrected chi connectivity index (χ0v) is 20.1. The summed E-state index contributed by atoms with van der Waals surface area (Å²) in [5.41, 5.74) is 0.575. The van der Waals surface area contributed by atoms with Gasteiger partial charge in [-0.05, 0) is 0 Å². The van der Waals surface area contributed by atoms with Gasteiger partial charge in [-0.3, -0.25) is 0 Å². The molecule has 0 aliphatic carbocycles. The monoisotopic (exact) mass is 594 g/mol. The second-order valence-corrected chi connectivity index (χ2v) is 14.4. The van der Waals surface area contributed by atoms with E-state index in [0.717, 1.165) is 20.8 Å². The third-order valence-corrected chi connectivity index (χ3v) is 14.3. The van der Waals surface area contributed by atoms with E-state index in [9.17, 15) is 14.4 Å². The fourth-order valence-corrected chi connectivity index (χ4v) is 12.5. The summed E-state index contributed by atoms with van der Waals surface area (Å²) in [7, 11) is 2.73. The van der Waals surface area contributed by atoms with Crippen molar-refractivity contribution in [2.75, 3.05) is 27.4 Å². The van der Waals surface area contributed by atoms with Crippen LogP contribution in [0.1, 0.15) is 32.6 Å². The van der Waals surface area contributed by atoms with Gasteiger partial charge in [0.25, 0.3) is 0 Å². The normalized spacial score (nSPS) is 14.3. The van der Waals surface area contributed by atoms with Crippen LogP contribution in [-0.2, 0) is 31.9 Å². The van der Waals surface area contributed by atoms with E-state index in [1.165, 1.54) is 14.2 Å². The molecule has 10 nitrogen and oxygen atoms in total. The van der Waals surface area contributed by atoms with Crippen LogP contribution in [0.5, 0.6) is 11.5 Å². The SMILES string of the molecule is COc1cc(C2OCCO2)cc(OC)[c]1[Pb]([O]C(C)=O)([O]C(C)=O)[O]C(C)=O. The van der Waals surface area contributed by atoms with Crippen molar-refractivity contribution in [2.45, 2.75) is 27.1 Å². The molecule has 28 heavy (non-hydrogen) atoms. The van der Waals surface area contributed by atoms with Crippen molar-refractivity contribution in [1.29, 1.82) is 0 Å². The van der Waals surface area contributed by atoms with Crippen LogP contribution >= 0.6 is 0 Å². The Balaban J connectivity index is 2.72. The van der Waals surface area contributed by atoms with Gasteiger partial charge in [0.05, 0.1) is 0 Å². The second-order valence-electron chi connectivity index (χ2n) is 5.71. The molecule has 0 atom stereocenters. The Morgan fingerprint density at radius 3 is 1.57 bits per heavy atom. The Bertz CT molecular complexity index is 691. The van der Waals surface area contributed by atoms with Crippen molar-refractivity contribution in [3.8, 4) is 11.5 Å². The van der Waals surface area contributed by atoms with E-state index in [0.29, 0.717) is 18.8 Å². The molecule has 0 aromatic heterocycles. The Kier molecular flexibility index (Phi) is 7.60. The first kappa shape index (κ1) is 22.4. The molecular weight excluding hydrogens is 571 g/mol. The van der Waals surface area contributed by atoms with E-state index >= 15 is 0 Å².